The lowest BCUT2D eigenvalue weighted by Crippen LogP contribution is -2.41. The molecule has 1 unspecified atom stereocenters. The van der Waals surface area contributed by atoms with Crippen LogP contribution in [0.5, 0.6) is 0 Å². The van der Waals surface area contributed by atoms with Gasteiger partial charge in [0, 0.05) is 18.7 Å². The van der Waals surface area contributed by atoms with Crippen molar-refractivity contribution in [1.29, 1.82) is 0 Å². The van der Waals surface area contributed by atoms with E-state index in [2.05, 4.69) is 5.32 Å². The van der Waals surface area contributed by atoms with Gasteiger partial charge in [-0.05, 0) is 37.5 Å². The van der Waals surface area contributed by atoms with Crippen molar-refractivity contribution in [3.05, 3.63) is 65.7 Å². The van der Waals surface area contributed by atoms with Crippen molar-refractivity contribution in [3.63, 3.8) is 0 Å². The number of amides is 2. The zero-order chi connectivity index (χ0) is 16.9. The van der Waals surface area contributed by atoms with Gasteiger partial charge in [-0.1, -0.05) is 48.0 Å². The van der Waals surface area contributed by atoms with E-state index in [1.807, 2.05) is 61.5 Å². The zero-order valence-electron chi connectivity index (χ0n) is 13.9. The minimum absolute atomic E-state index is 0.0214. The molecule has 2 amide bonds. The molecule has 1 heterocycles. The van der Waals surface area contributed by atoms with Gasteiger partial charge in [0.15, 0.2) is 0 Å². The topological polar surface area (TPSA) is 49.4 Å². The summed E-state index contributed by atoms with van der Waals surface area (Å²) in [4.78, 5) is 26.4. The van der Waals surface area contributed by atoms with E-state index in [1.54, 1.807) is 4.90 Å². The molecular formula is C20H22N2O2. The first-order chi connectivity index (χ1) is 11.6. The predicted molar refractivity (Wildman–Crippen MR) is 94.8 cm³/mol. The van der Waals surface area contributed by atoms with Crippen LogP contribution < -0.4 is 10.2 Å². The minimum Gasteiger partial charge on any atom is -0.344 e. The second kappa shape index (κ2) is 7.30. The predicted octanol–water partition coefficient (Wildman–Crippen LogP) is 2.85. The van der Waals surface area contributed by atoms with Crippen LogP contribution in [0.3, 0.4) is 0 Å². The highest BCUT2D eigenvalue weighted by atomic mass is 16.2. The van der Waals surface area contributed by atoms with E-state index < -0.39 is 6.04 Å². The van der Waals surface area contributed by atoms with Crippen LogP contribution >= 0.6 is 0 Å². The zero-order valence-corrected chi connectivity index (χ0v) is 13.9. The molecule has 0 aromatic heterocycles. The van der Waals surface area contributed by atoms with Crippen LogP contribution in [0.2, 0.25) is 0 Å². The maximum atomic E-state index is 12.5. The molecule has 1 aliphatic heterocycles. The van der Waals surface area contributed by atoms with Gasteiger partial charge in [0.1, 0.15) is 6.04 Å². The van der Waals surface area contributed by atoms with Gasteiger partial charge in [0.25, 0.3) is 0 Å². The minimum atomic E-state index is -0.408. The van der Waals surface area contributed by atoms with Crippen LogP contribution in [0.1, 0.15) is 24.0 Å². The quantitative estimate of drug-likeness (QED) is 0.920. The average Bonchev–Trinajstić information content (AvgIpc) is 2.95. The van der Waals surface area contributed by atoms with Crippen molar-refractivity contribution in [2.75, 3.05) is 11.4 Å². The Labute approximate surface area is 142 Å². The number of hydrogen-bond acceptors (Lipinski definition) is 2. The summed E-state index contributed by atoms with van der Waals surface area (Å²) in [5.74, 6) is -0.0881. The summed E-state index contributed by atoms with van der Waals surface area (Å²) in [7, 11) is 0. The van der Waals surface area contributed by atoms with E-state index in [9.17, 15) is 9.59 Å². The largest absolute Gasteiger partial charge is 0.344 e. The third-order valence-corrected chi connectivity index (χ3v) is 4.37. The Hall–Kier alpha value is -2.62. The highest BCUT2D eigenvalue weighted by Gasteiger charge is 2.33. The fourth-order valence-electron chi connectivity index (χ4n) is 2.96. The Morgan fingerprint density at radius 1 is 1.12 bits per heavy atom. The van der Waals surface area contributed by atoms with E-state index in [0.29, 0.717) is 25.8 Å². The Kier molecular flexibility index (Phi) is 4.94. The number of hydrogen-bond donors (Lipinski definition) is 1. The Balaban J connectivity index is 1.53. The highest BCUT2D eigenvalue weighted by molar-refractivity contribution is 6.01. The van der Waals surface area contributed by atoms with Crippen molar-refractivity contribution in [2.24, 2.45) is 0 Å². The van der Waals surface area contributed by atoms with Crippen LogP contribution in [-0.4, -0.2) is 24.4 Å². The molecule has 1 N–H and O–H groups in total. The lowest BCUT2D eigenvalue weighted by molar-refractivity contribution is -0.126. The molecule has 2 aromatic rings. The molecule has 24 heavy (non-hydrogen) atoms. The second-order valence-corrected chi connectivity index (χ2v) is 6.22. The molecule has 0 saturated carbocycles. The van der Waals surface area contributed by atoms with Gasteiger partial charge in [-0.3, -0.25) is 9.59 Å². The van der Waals surface area contributed by atoms with Crippen molar-refractivity contribution < 1.29 is 9.59 Å². The Morgan fingerprint density at radius 3 is 2.54 bits per heavy atom. The maximum Gasteiger partial charge on any atom is 0.249 e. The van der Waals surface area contributed by atoms with Crippen LogP contribution in [0.25, 0.3) is 0 Å². The summed E-state index contributed by atoms with van der Waals surface area (Å²) < 4.78 is 0. The summed E-state index contributed by atoms with van der Waals surface area (Å²) in [5.41, 5.74) is 3.19. The number of nitrogens with zero attached hydrogens (tertiary/aromatic N) is 1. The van der Waals surface area contributed by atoms with Crippen LogP contribution in [0.15, 0.2) is 54.6 Å². The van der Waals surface area contributed by atoms with Crippen molar-refractivity contribution in [1.82, 2.24) is 5.32 Å². The smallest absolute Gasteiger partial charge is 0.249 e. The van der Waals surface area contributed by atoms with Gasteiger partial charge >= 0.3 is 0 Å². The standard InChI is InChI=1S/C20H22N2O2/c1-15-7-10-17(11-8-15)22-14-13-18(20(22)24)21-19(23)12-9-16-5-3-2-4-6-16/h2-8,10-11,18H,9,12-14H2,1H3,(H,21,23). The third kappa shape index (κ3) is 3.82. The SMILES string of the molecule is Cc1ccc(N2CCC(NC(=O)CCc3ccccc3)C2=O)cc1. The number of nitrogens with one attached hydrogen (secondary N) is 1. The number of carbonyl (C=O) groups excluding carboxylic acids is 2. The maximum absolute atomic E-state index is 12.5. The number of aryl methyl sites for hydroxylation is 2. The van der Waals surface area contributed by atoms with E-state index in [1.165, 1.54) is 0 Å². The van der Waals surface area contributed by atoms with Crippen LogP contribution in [-0.2, 0) is 16.0 Å². The van der Waals surface area contributed by atoms with Crippen molar-refractivity contribution >= 4 is 17.5 Å². The van der Waals surface area contributed by atoms with Crippen molar-refractivity contribution in [2.45, 2.75) is 32.2 Å². The Bertz CT molecular complexity index is 710. The molecule has 1 saturated heterocycles. The molecular weight excluding hydrogens is 300 g/mol. The number of benzene rings is 2. The van der Waals surface area contributed by atoms with Gasteiger partial charge in [-0.2, -0.15) is 0 Å². The van der Waals surface area contributed by atoms with E-state index in [4.69, 9.17) is 0 Å². The lowest BCUT2D eigenvalue weighted by Gasteiger charge is -2.17. The summed E-state index contributed by atoms with van der Waals surface area (Å²) in [6.07, 6.45) is 1.75. The van der Waals surface area contributed by atoms with E-state index >= 15 is 0 Å². The summed E-state index contributed by atoms with van der Waals surface area (Å²) in [5, 5.41) is 2.88. The van der Waals surface area contributed by atoms with E-state index in [-0.39, 0.29) is 11.8 Å². The van der Waals surface area contributed by atoms with Crippen LogP contribution in [0, 0.1) is 6.92 Å². The number of carbonyl (C=O) groups is 2. The molecule has 2 aromatic carbocycles. The van der Waals surface area contributed by atoms with Gasteiger partial charge in [0.05, 0.1) is 0 Å². The molecule has 124 valence electrons. The second-order valence-electron chi connectivity index (χ2n) is 6.22. The lowest BCUT2D eigenvalue weighted by atomic mass is 10.1. The highest BCUT2D eigenvalue weighted by Crippen LogP contribution is 2.22. The molecule has 0 radical (unpaired) electrons. The molecule has 0 bridgehead atoms. The molecule has 3 rings (SSSR count). The fraction of sp³-hybridized carbons (Fsp3) is 0.300. The normalized spacial score (nSPS) is 17.1. The third-order valence-electron chi connectivity index (χ3n) is 4.37. The van der Waals surface area contributed by atoms with Crippen LogP contribution in [0.4, 0.5) is 5.69 Å². The van der Waals surface area contributed by atoms with Crippen molar-refractivity contribution in [3.8, 4) is 0 Å². The molecule has 1 atom stereocenters. The average molecular weight is 322 g/mol. The first-order valence-corrected chi connectivity index (χ1v) is 8.35. The summed E-state index contributed by atoms with van der Waals surface area (Å²) in [6.45, 7) is 2.66. The summed E-state index contributed by atoms with van der Waals surface area (Å²) in [6, 6.07) is 17.4. The van der Waals surface area contributed by atoms with Gasteiger partial charge in [0.2, 0.25) is 11.8 Å². The number of anilines is 1. The Morgan fingerprint density at radius 2 is 1.83 bits per heavy atom. The summed E-state index contributed by atoms with van der Waals surface area (Å²) >= 11 is 0. The monoisotopic (exact) mass is 322 g/mol. The first-order valence-electron chi connectivity index (χ1n) is 8.35. The molecule has 4 nitrogen and oxygen atoms in total. The molecule has 1 fully saturated rings. The van der Waals surface area contributed by atoms with Gasteiger partial charge in [-0.15, -0.1) is 0 Å². The van der Waals surface area contributed by atoms with Gasteiger partial charge < -0.3 is 10.2 Å². The molecule has 0 spiro atoms. The number of rotatable bonds is 5. The molecule has 0 aliphatic carbocycles. The first kappa shape index (κ1) is 16.2. The van der Waals surface area contributed by atoms with E-state index in [0.717, 1.165) is 16.8 Å². The van der Waals surface area contributed by atoms with Gasteiger partial charge in [-0.25, -0.2) is 0 Å². The fourth-order valence-corrected chi connectivity index (χ4v) is 2.96. The molecule has 1 aliphatic rings. The molecule has 4 heteroatoms.